The summed E-state index contributed by atoms with van der Waals surface area (Å²) in [5.41, 5.74) is 13.1. The first-order chi connectivity index (χ1) is 31.2. The van der Waals surface area contributed by atoms with Crippen molar-refractivity contribution < 1.29 is 4.42 Å². The van der Waals surface area contributed by atoms with E-state index < -0.39 is 0 Å². The summed E-state index contributed by atoms with van der Waals surface area (Å²) in [4.78, 5) is 2.40. The van der Waals surface area contributed by atoms with Gasteiger partial charge in [-0.2, -0.15) is 0 Å². The topological polar surface area (TPSA) is 21.3 Å². The van der Waals surface area contributed by atoms with Gasteiger partial charge in [0.1, 0.15) is 11.2 Å². The lowest BCUT2D eigenvalue weighted by atomic mass is 9.93. The molecule has 3 heteroatoms. The third kappa shape index (κ3) is 5.60. The summed E-state index contributed by atoms with van der Waals surface area (Å²) < 4.78 is 9.02. The Balaban J connectivity index is 1.10. The van der Waals surface area contributed by atoms with Gasteiger partial charge < -0.3 is 13.9 Å². The lowest BCUT2D eigenvalue weighted by molar-refractivity contribution is 0.669. The van der Waals surface area contributed by atoms with Gasteiger partial charge in [-0.25, -0.2) is 0 Å². The molecule has 63 heavy (non-hydrogen) atoms. The molecule has 0 bridgehead atoms. The molecular formula is C60H38N2O. The van der Waals surface area contributed by atoms with Crippen LogP contribution in [0.25, 0.3) is 104 Å². The lowest BCUT2D eigenvalue weighted by Crippen LogP contribution is -2.11. The maximum absolute atomic E-state index is 6.54. The lowest BCUT2D eigenvalue weighted by Gasteiger charge is -2.28. The Kier molecular flexibility index (Phi) is 7.91. The Hall–Kier alpha value is -8.40. The van der Waals surface area contributed by atoms with Crippen molar-refractivity contribution in [3.05, 3.63) is 231 Å². The molecule has 0 aliphatic heterocycles. The van der Waals surface area contributed by atoms with Gasteiger partial charge in [0.05, 0.1) is 16.7 Å². The Morgan fingerprint density at radius 3 is 1.78 bits per heavy atom. The first-order valence-corrected chi connectivity index (χ1v) is 21.6. The average Bonchev–Trinajstić information content (AvgIpc) is 3.90. The van der Waals surface area contributed by atoms with Crippen molar-refractivity contribution in [2.24, 2.45) is 0 Å². The number of fused-ring (bicyclic) bond motifs is 10. The highest BCUT2D eigenvalue weighted by Crippen LogP contribution is 2.47. The number of hydrogen-bond donors (Lipinski definition) is 0. The summed E-state index contributed by atoms with van der Waals surface area (Å²) in [5.74, 6) is 0. The first-order valence-electron chi connectivity index (χ1n) is 21.6. The number of furan rings is 1. The van der Waals surface area contributed by atoms with E-state index in [0.717, 1.165) is 61.0 Å². The van der Waals surface area contributed by atoms with E-state index in [9.17, 15) is 0 Å². The van der Waals surface area contributed by atoms with Gasteiger partial charge in [-0.1, -0.05) is 170 Å². The van der Waals surface area contributed by atoms with Crippen LogP contribution in [0.5, 0.6) is 0 Å². The number of nitrogens with zero attached hydrogens (tertiary/aromatic N) is 2. The quantitative estimate of drug-likeness (QED) is 0.167. The van der Waals surface area contributed by atoms with Gasteiger partial charge in [0.2, 0.25) is 0 Å². The molecule has 2 aromatic heterocycles. The van der Waals surface area contributed by atoms with Crippen LogP contribution >= 0.6 is 0 Å². The number of aromatic nitrogens is 1. The molecule has 0 radical (unpaired) electrons. The molecule has 0 fully saturated rings. The van der Waals surface area contributed by atoms with E-state index in [1.54, 1.807) is 0 Å². The maximum atomic E-state index is 6.54. The standard InChI is InChI=1S/C60H38N2O/c1-2-14-39(15-3-1)40-28-31-44(32-29-40)61(45-33-34-52-51-23-10-11-27-57(51)63-58(52)38-45)56-37-46(36-43-18-6-8-21-48(43)56)62-54-26-13-25-53(50-24-12-19-41-16-4-7-20-47(41)50)60(54)59-49-22-9-5-17-42(49)30-35-55(59)62/h1-38H. The first kappa shape index (κ1) is 35.4. The van der Waals surface area contributed by atoms with Crippen LogP contribution in [0.1, 0.15) is 0 Å². The summed E-state index contributed by atoms with van der Waals surface area (Å²) in [5, 5.41) is 12.0. The smallest absolute Gasteiger partial charge is 0.137 e. The zero-order chi connectivity index (χ0) is 41.4. The molecular weight excluding hydrogens is 765 g/mol. The molecule has 0 amide bonds. The van der Waals surface area contributed by atoms with Crippen molar-refractivity contribution in [2.75, 3.05) is 4.90 Å². The van der Waals surface area contributed by atoms with Crippen molar-refractivity contribution in [1.82, 2.24) is 4.57 Å². The van der Waals surface area contributed by atoms with Crippen molar-refractivity contribution in [1.29, 1.82) is 0 Å². The molecule has 11 aromatic carbocycles. The summed E-state index contributed by atoms with van der Waals surface area (Å²) in [6.07, 6.45) is 0. The maximum Gasteiger partial charge on any atom is 0.137 e. The predicted molar refractivity (Wildman–Crippen MR) is 266 cm³/mol. The van der Waals surface area contributed by atoms with Gasteiger partial charge in [-0.05, 0) is 104 Å². The van der Waals surface area contributed by atoms with Gasteiger partial charge >= 0.3 is 0 Å². The second-order valence-corrected chi connectivity index (χ2v) is 16.5. The minimum atomic E-state index is 0.857. The minimum Gasteiger partial charge on any atom is -0.456 e. The number of hydrogen-bond acceptors (Lipinski definition) is 2. The van der Waals surface area contributed by atoms with E-state index in [1.807, 2.05) is 12.1 Å². The molecule has 0 unspecified atom stereocenters. The van der Waals surface area contributed by atoms with Gasteiger partial charge in [-0.15, -0.1) is 0 Å². The highest BCUT2D eigenvalue weighted by Gasteiger charge is 2.23. The summed E-state index contributed by atoms with van der Waals surface area (Å²) >= 11 is 0. The second kappa shape index (κ2) is 14.1. The van der Waals surface area contributed by atoms with Crippen LogP contribution in [0, 0.1) is 0 Å². The molecule has 0 aliphatic carbocycles. The molecule has 3 nitrogen and oxygen atoms in total. The van der Waals surface area contributed by atoms with Crippen LogP contribution in [0.3, 0.4) is 0 Å². The fraction of sp³-hybridized carbons (Fsp3) is 0. The fourth-order valence-corrected chi connectivity index (χ4v) is 10.1. The normalized spacial score (nSPS) is 11.8. The van der Waals surface area contributed by atoms with Crippen molar-refractivity contribution >= 4 is 93.1 Å². The van der Waals surface area contributed by atoms with Gasteiger partial charge in [-0.3, -0.25) is 0 Å². The SMILES string of the molecule is c1ccc(-c2ccc(N(c3ccc4c(c3)oc3ccccc34)c3cc(-n4c5cccc(-c6cccc7ccccc67)c5c5c6ccccc6ccc54)cc4ccccc34)cc2)cc1. The van der Waals surface area contributed by atoms with E-state index in [2.05, 4.69) is 228 Å². The summed E-state index contributed by atoms with van der Waals surface area (Å²) in [6.45, 7) is 0. The highest BCUT2D eigenvalue weighted by atomic mass is 16.3. The Labute approximate surface area is 363 Å². The average molecular weight is 803 g/mol. The molecule has 0 aliphatic rings. The summed E-state index contributed by atoms with van der Waals surface area (Å²) in [6, 6.07) is 83.6. The Morgan fingerprint density at radius 2 is 0.937 bits per heavy atom. The van der Waals surface area contributed by atoms with E-state index in [-0.39, 0.29) is 0 Å². The monoisotopic (exact) mass is 802 g/mol. The van der Waals surface area contributed by atoms with Crippen LogP contribution in [-0.4, -0.2) is 4.57 Å². The largest absolute Gasteiger partial charge is 0.456 e. The highest BCUT2D eigenvalue weighted by molar-refractivity contribution is 6.26. The Morgan fingerprint density at radius 1 is 0.333 bits per heavy atom. The molecule has 2 heterocycles. The van der Waals surface area contributed by atoms with Crippen molar-refractivity contribution in [3.63, 3.8) is 0 Å². The predicted octanol–water partition coefficient (Wildman–Crippen LogP) is 16.9. The zero-order valence-electron chi connectivity index (χ0n) is 34.2. The third-order valence-electron chi connectivity index (χ3n) is 12.9. The minimum absolute atomic E-state index is 0.857. The molecule has 0 atom stereocenters. The number of benzene rings is 11. The summed E-state index contributed by atoms with van der Waals surface area (Å²) in [7, 11) is 0. The number of anilines is 3. The molecule has 13 aromatic rings. The molecule has 0 spiro atoms. The second-order valence-electron chi connectivity index (χ2n) is 16.5. The van der Waals surface area contributed by atoms with Crippen LogP contribution in [0.2, 0.25) is 0 Å². The Bertz CT molecular complexity index is 3910. The van der Waals surface area contributed by atoms with Crippen molar-refractivity contribution in [3.8, 4) is 27.9 Å². The van der Waals surface area contributed by atoms with E-state index in [0.29, 0.717) is 0 Å². The molecule has 0 saturated carbocycles. The van der Waals surface area contributed by atoms with Crippen LogP contribution < -0.4 is 4.90 Å². The van der Waals surface area contributed by atoms with E-state index in [4.69, 9.17) is 4.42 Å². The van der Waals surface area contributed by atoms with Crippen LogP contribution in [-0.2, 0) is 0 Å². The molecule has 0 N–H and O–H groups in total. The number of para-hydroxylation sites is 1. The van der Waals surface area contributed by atoms with Gasteiger partial charge in [0.25, 0.3) is 0 Å². The van der Waals surface area contributed by atoms with E-state index >= 15 is 0 Å². The van der Waals surface area contributed by atoms with E-state index in [1.165, 1.54) is 60.1 Å². The fourth-order valence-electron chi connectivity index (χ4n) is 10.1. The van der Waals surface area contributed by atoms with Crippen LogP contribution in [0.4, 0.5) is 17.1 Å². The number of rotatable bonds is 6. The zero-order valence-corrected chi connectivity index (χ0v) is 34.2. The molecule has 0 saturated heterocycles. The van der Waals surface area contributed by atoms with Crippen LogP contribution in [0.15, 0.2) is 235 Å². The molecule has 294 valence electrons. The van der Waals surface area contributed by atoms with Crippen molar-refractivity contribution in [2.45, 2.75) is 0 Å². The van der Waals surface area contributed by atoms with Gasteiger partial charge in [0, 0.05) is 50.1 Å². The third-order valence-corrected chi connectivity index (χ3v) is 12.9. The molecule has 13 rings (SSSR count). The van der Waals surface area contributed by atoms with Gasteiger partial charge in [0.15, 0.2) is 0 Å².